The summed E-state index contributed by atoms with van der Waals surface area (Å²) < 4.78 is 0. The zero-order valence-corrected chi connectivity index (χ0v) is 12.5. The Labute approximate surface area is 136 Å². The van der Waals surface area contributed by atoms with Gasteiger partial charge in [0, 0.05) is 11.6 Å². The number of hydrogen-bond donors (Lipinski definition) is 2. The summed E-state index contributed by atoms with van der Waals surface area (Å²) in [4.78, 5) is 33.7. The molecule has 2 rings (SSSR count). The SMILES string of the molecule is O=C(Cc1ccccc1)NNC(=O)c1ccc(Cl)c([N+](=O)[O-])c1. The molecule has 2 aromatic carbocycles. The van der Waals surface area contributed by atoms with Crippen LogP contribution in [0.25, 0.3) is 0 Å². The van der Waals surface area contributed by atoms with Gasteiger partial charge in [-0.1, -0.05) is 41.9 Å². The number of carbonyl (C=O) groups is 2. The summed E-state index contributed by atoms with van der Waals surface area (Å²) in [6, 6.07) is 12.6. The molecule has 0 aliphatic rings. The fourth-order valence-corrected chi connectivity index (χ4v) is 2.00. The summed E-state index contributed by atoms with van der Waals surface area (Å²) >= 11 is 5.67. The number of nitrogens with one attached hydrogen (secondary N) is 2. The van der Waals surface area contributed by atoms with Crippen LogP contribution in [0.4, 0.5) is 5.69 Å². The summed E-state index contributed by atoms with van der Waals surface area (Å²) in [5.74, 6) is -1.08. The van der Waals surface area contributed by atoms with Crippen molar-refractivity contribution in [3.05, 3.63) is 74.8 Å². The first kappa shape index (κ1) is 16.4. The third-order valence-corrected chi connectivity index (χ3v) is 3.25. The predicted molar refractivity (Wildman–Crippen MR) is 83.9 cm³/mol. The highest BCUT2D eigenvalue weighted by atomic mass is 35.5. The molecule has 0 atom stereocenters. The van der Waals surface area contributed by atoms with E-state index in [1.807, 2.05) is 6.07 Å². The molecule has 0 spiro atoms. The summed E-state index contributed by atoms with van der Waals surface area (Å²) in [7, 11) is 0. The molecule has 0 aliphatic heterocycles. The first-order valence-electron chi connectivity index (χ1n) is 6.54. The number of nitrogens with zero attached hydrogens (tertiary/aromatic N) is 1. The van der Waals surface area contributed by atoms with Crippen molar-refractivity contribution in [2.24, 2.45) is 0 Å². The van der Waals surface area contributed by atoms with Crippen LogP contribution in [-0.2, 0) is 11.2 Å². The van der Waals surface area contributed by atoms with Crippen molar-refractivity contribution >= 4 is 29.1 Å². The van der Waals surface area contributed by atoms with E-state index >= 15 is 0 Å². The van der Waals surface area contributed by atoms with Gasteiger partial charge in [-0.2, -0.15) is 0 Å². The molecule has 8 heteroatoms. The Bertz CT molecular complexity index is 750. The van der Waals surface area contributed by atoms with Crippen molar-refractivity contribution in [3.8, 4) is 0 Å². The molecule has 0 fully saturated rings. The van der Waals surface area contributed by atoms with Gasteiger partial charge in [0.25, 0.3) is 11.6 Å². The number of amides is 2. The van der Waals surface area contributed by atoms with Crippen LogP contribution in [0.1, 0.15) is 15.9 Å². The molecule has 118 valence electrons. The number of nitro groups is 1. The summed E-state index contributed by atoms with van der Waals surface area (Å²) in [6.45, 7) is 0. The first-order chi connectivity index (χ1) is 11.0. The lowest BCUT2D eigenvalue weighted by molar-refractivity contribution is -0.384. The summed E-state index contributed by atoms with van der Waals surface area (Å²) in [5.41, 5.74) is 4.88. The number of carbonyl (C=O) groups excluding carboxylic acids is 2. The summed E-state index contributed by atoms with van der Waals surface area (Å²) in [6.07, 6.45) is 0.0991. The number of hydrogen-bond acceptors (Lipinski definition) is 4. The highest BCUT2D eigenvalue weighted by Gasteiger charge is 2.16. The number of halogens is 1. The van der Waals surface area contributed by atoms with E-state index in [9.17, 15) is 19.7 Å². The van der Waals surface area contributed by atoms with Gasteiger partial charge in [-0.05, 0) is 17.7 Å². The Morgan fingerprint density at radius 2 is 1.78 bits per heavy atom. The lowest BCUT2D eigenvalue weighted by Crippen LogP contribution is -2.42. The van der Waals surface area contributed by atoms with Gasteiger partial charge in [0.05, 0.1) is 11.3 Å². The van der Waals surface area contributed by atoms with E-state index < -0.39 is 16.7 Å². The maximum absolute atomic E-state index is 11.9. The zero-order chi connectivity index (χ0) is 16.8. The predicted octanol–water partition coefficient (Wildman–Crippen LogP) is 2.25. The van der Waals surface area contributed by atoms with Gasteiger partial charge in [-0.3, -0.25) is 30.6 Å². The number of nitro benzene ring substituents is 1. The van der Waals surface area contributed by atoms with E-state index in [2.05, 4.69) is 10.9 Å². The molecule has 0 unspecified atom stereocenters. The van der Waals surface area contributed by atoms with E-state index in [-0.39, 0.29) is 22.7 Å². The fraction of sp³-hybridized carbons (Fsp3) is 0.0667. The second-order valence-corrected chi connectivity index (χ2v) is 5.00. The largest absolute Gasteiger partial charge is 0.288 e. The van der Waals surface area contributed by atoms with Gasteiger partial charge in [0.1, 0.15) is 5.02 Å². The molecule has 2 aromatic rings. The van der Waals surface area contributed by atoms with E-state index in [0.29, 0.717) is 0 Å². The van der Waals surface area contributed by atoms with E-state index in [1.165, 1.54) is 12.1 Å². The monoisotopic (exact) mass is 333 g/mol. The average Bonchev–Trinajstić information content (AvgIpc) is 2.53. The van der Waals surface area contributed by atoms with E-state index in [1.54, 1.807) is 24.3 Å². The molecule has 7 nitrogen and oxygen atoms in total. The van der Waals surface area contributed by atoms with Gasteiger partial charge in [-0.25, -0.2) is 0 Å². The minimum Gasteiger partial charge on any atom is -0.273 e. The molecule has 0 bridgehead atoms. The standard InChI is InChI=1S/C15H12ClN3O4/c16-12-7-6-11(9-13(12)19(22)23)15(21)18-17-14(20)8-10-4-2-1-3-5-10/h1-7,9H,8H2,(H,17,20)(H,18,21). The molecule has 2 N–H and O–H groups in total. The highest BCUT2D eigenvalue weighted by Crippen LogP contribution is 2.24. The Kier molecular flexibility index (Phi) is 5.27. The third-order valence-electron chi connectivity index (χ3n) is 2.93. The zero-order valence-electron chi connectivity index (χ0n) is 11.8. The Balaban J connectivity index is 1.96. The van der Waals surface area contributed by atoms with Crippen LogP contribution in [0.15, 0.2) is 48.5 Å². The smallest absolute Gasteiger partial charge is 0.273 e. The molecule has 2 amide bonds. The highest BCUT2D eigenvalue weighted by molar-refractivity contribution is 6.32. The molecular formula is C15H12ClN3O4. The van der Waals surface area contributed by atoms with Crippen LogP contribution in [0.3, 0.4) is 0 Å². The topological polar surface area (TPSA) is 101 Å². The maximum Gasteiger partial charge on any atom is 0.288 e. The van der Waals surface area contributed by atoms with Crippen molar-refractivity contribution < 1.29 is 14.5 Å². The molecule has 0 aromatic heterocycles. The van der Waals surface area contributed by atoms with Gasteiger partial charge >= 0.3 is 0 Å². The minimum atomic E-state index is -0.687. The second-order valence-electron chi connectivity index (χ2n) is 4.59. The van der Waals surface area contributed by atoms with Crippen LogP contribution in [-0.4, -0.2) is 16.7 Å². The fourth-order valence-electron chi connectivity index (χ4n) is 1.82. The first-order valence-corrected chi connectivity index (χ1v) is 6.92. The van der Waals surface area contributed by atoms with Gasteiger partial charge in [0.2, 0.25) is 5.91 Å². The van der Waals surface area contributed by atoms with Crippen molar-refractivity contribution in [3.63, 3.8) is 0 Å². The molecule has 0 aliphatic carbocycles. The minimum absolute atomic E-state index is 0.0149. The maximum atomic E-state index is 11.9. The Morgan fingerprint density at radius 3 is 2.43 bits per heavy atom. The Morgan fingerprint density at radius 1 is 1.09 bits per heavy atom. The molecule has 23 heavy (non-hydrogen) atoms. The lowest BCUT2D eigenvalue weighted by atomic mass is 10.1. The van der Waals surface area contributed by atoms with Gasteiger partial charge in [0.15, 0.2) is 0 Å². The van der Waals surface area contributed by atoms with Gasteiger partial charge < -0.3 is 0 Å². The van der Waals surface area contributed by atoms with Crippen LogP contribution in [0, 0.1) is 10.1 Å². The van der Waals surface area contributed by atoms with Crippen molar-refractivity contribution in [1.82, 2.24) is 10.9 Å². The third kappa shape index (κ3) is 4.52. The van der Waals surface area contributed by atoms with Crippen LogP contribution in [0.5, 0.6) is 0 Å². The number of hydrazine groups is 1. The molecule has 0 saturated carbocycles. The van der Waals surface area contributed by atoms with Crippen LogP contribution >= 0.6 is 11.6 Å². The summed E-state index contributed by atoms with van der Waals surface area (Å²) in [5, 5.41) is 10.7. The van der Waals surface area contributed by atoms with Gasteiger partial charge in [-0.15, -0.1) is 0 Å². The van der Waals surface area contributed by atoms with Crippen LogP contribution in [0.2, 0.25) is 5.02 Å². The average molecular weight is 334 g/mol. The molecule has 0 saturated heterocycles. The molecule has 0 radical (unpaired) electrons. The van der Waals surface area contributed by atoms with Crippen LogP contribution < -0.4 is 10.9 Å². The molecular weight excluding hydrogens is 322 g/mol. The lowest BCUT2D eigenvalue weighted by Gasteiger charge is -2.07. The number of rotatable bonds is 4. The van der Waals surface area contributed by atoms with Crippen molar-refractivity contribution in [2.75, 3.05) is 0 Å². The Hall–Kier alpha value is -2.93. The second kappa shape index (κ2) is 7.37. The van der Waals surface area contributed by atoms with E-state index in [0.717, 1.165) is 11.6 Å². The van der Waals surface area contributed by atoms with E-state index in [4.69, 9.17) is 11.6 Å². The molecule has 0 heterocycles. The number of benzene rings is 2. The van der Waals surface area contributed by atoms with Crippen molar-refractivity contribution in [1.29, 1.82) is 0 Å². The quantitative estimate of drug-likeness (QED) is 0.661. The van der Waals surface area contributed by atoms with Crippen molar-refractivity contribution in [2.45, 2.75) is 6.42 Å². The normalized spacial score (nSPS) is 9.96.